The van der Waals surface area contributed by atoms with Crippen molar-refractivity contribution in [1.29, 1.82) is 0 Å². The first-order valence-electron chi connectivity index (χ1n) is 39.6. The van der Waals surface area contributed by atoms with Crippen molar-refractivity contribution in [2.75, 3.05) is 40.9 Å². The van der Waals surface area contributed by atoms with Gasteiger partial charge < -0.3 is 19.4 Å². The zero-order chi connectivity index (χ0) is 67.8. The van der Waals surface area contributed by atoms with Crippen LogP contribution in [-0.4, -0.2) is 74.3 Å². The number of rotatable bonds is 72. The summed E-state index contributed by atoms with van der Waals surface area (Å²) in [6.07, 6.45) is 98.6. The number of amides is 1. The Bertz CT molecular complexity index is 1910. The molecule has 0 aromatic heterocycles. The minimum Gasteiger partial charge on any atom is -0.456 e. The normalized spacial score (nSPS) is 13.9. The molecule has 0 aliphatic carbocycles. The van der Waals surface area contributed by atoms with Crippen molar-refractivity contribution < 1.29 is 37.3 Å². The standard InChI is InChI=1S/C83H151N2O7P/c1-7-10-13-16-19-22-25-28-30-32-34-36-38-40-42-44-46-48-50-52-54-57-60-63-66-69-72-75-82(86)84-80(79-91-93(88,89)90-78-77-85(4,5)6)81(74-71-68-65-62-59-56-27-24-21-18-15-12-9-3)92-83(87)76-73-70-67-64-61-58-55-53-51-49-47-45-43-41-39-37-35-33-31-29-26-23-20-17-14-11-8-2/h19-20,22-23,28-31,34-37,41,43,71,74,80-81H,7-18,21,24-27,32-33,38-40,42,44-70,72-73,75-79H2,1-6H3,(H-,84,86,88,89)/p+1/b22-19-,23-20-,30-28-,31-29-,36-34-,37-35-,43-41-,74-71+. The summed E-state index contributed by atoms with van der Waals surface area (Å²) in [6, 6.07) is -0.856. The van der Waals surface area contributed by atoms with Crippen LogP contribution in [0.4, 0.5) is 0 Å². The van der Waals surface area contributed by atoms with Crippen LogP contribution < -0.4 is 5.32 Å². The Balaban J connectivity index is 4.99. The summed E-state index contributed by atoms with van der Waals surface area (Å²) in [5.41, 5.74) is 0. The minimum absolute atomic E-state index is 0.0374. The van der Waals surface area contributed by atoms with Crippen LogP contribution in [0.1, 0.15) is 367 Å². The predicted molar refractivity (Wildman–Crippen MR) is 406 cm³/mol. The predicted octanol–water partition coefficient (Wildman–Crippen LogP) is 25.8. The quantitative estimate of drug-likeness (QED) is 0.0205. The second-order valence-electron chi connectivity index (χ2n) is 27.9. The molecule has 0 aromatic carbocycles. The number of carbonyl (C=O) groups excluding carboxylic acids is 2. The van der Waals surface area contributed by atoms with Gasteiger partial charge in [-0.3, -0.25) is 18.6 Å². The maximum absolute atomic E-state index is 13.7. The average molecular weight is 1320 g/mol. The van der Waals surface area contributed by atoms with Crippen molar-refractivity contribution >= 4 is 19.7 Å². The highest BCUT2D eigenvalue weighted by Gasteiger charge is 2.30. The van der Waals surface area contributed by atoms with Gasteiger partial charge in [0, 0.05) is 12.8 Å². The second kappa shape index (κ2) is 71.7. The second-order valence-corrected chi connectivity index (χ2v) is 29.3. The van der Waals surface area contributed by atoms with Gasteiger partial charge >= 0.3 is 13.8 Å². The Morgan fingerprint density at radius 1 is 0.376 bits per heavy atom. The number of carbonyl (C=O) groups is 2. The van der Waals surface area contributed by atoms with E-state index in [9.17, 15) is 19.0 Å². The molecule has 9 nitrogen and oxygen atoms in total. The number of hydrogen-bond donors (Lipinski definition) is 2. The molecule has 0 saturated carbocycles. The lowest BCUT2D eigenvalue weighted by Gasteiger charge is -2.27. The topological polar surface area (TPSA) is 111 Å². The molecule has 3 atom stereocenters. The highest BCUT2D eigenvalue weighted by Crippen LogP contribution is 2.43. The maximum atomic E-state index is 13.7. The SMILES string of the molecule is CCCCC/C=C\C/C=C\C/C=C\C/C=C\CCCCCCCCCCCCCC(=O)OC(/C=C/CCCCCCCCCCCCC)C(COP(=O)(O)OCC[N+](C)(C)C)NC(=O)CCCCCCCCCCCCCCCC/C=C\C/C=C\C/C=C\CCCCC. The third kappa shape index (κ3) is 73.0. The number of nitrogens with zero attached hydrogens (tertiary/aromatic N) is 1. The lowest BCUT2D eigenvalue weighted by Crippen LogP contribution is -2.47. The van der Waals surface area contributed by atoms with Crippen LogP contribution in [0.25, 0.3) is 0 Å². The first kappa shape index (κ1) is 89.9. The molecular weight excluding hydrogens is 1170 g/mol. The smallest absolute Gasteiger partial charge is 0.456 e. The molecule has 0 saturated heterocycles. The molecule has 540 valence electrons. The van der Waals surface area contributed by atoms with E-state index in [1.165, 1.54) is 244 Å². The van der Waals surface area contributed by atoms with E-state index < -0.39 is 20.0 Å². The van der Waals surface area contributed by atoms with Gasteiger partial charge in [-0.05, 0) is 115 Å². The highest BCUT2D eigenvalue weighted by molar-refractivity contribution is 7.47. The van der Waals surface area contributed by atoms with Gasteiger partial charge in [0.1, 0.15) is 19.3 Å². The molecule has 3 unspecified atom stereocenters. The van der Waals surface area contributed by atoms with Gasteiger partial charge in [-0.15, -0.1) is 0 Å². The van der Waals surface area contributed by atoms with E-state index in [0.29, 0.717) is 17.4 Å². The van der Waals surface area contributed by atoms with Gasteiger partial charge in [-0.1, -0.05) is 337 Å². The Kier molecular flexibility index (Phi) is 69.3. The summed E-state index contributed by atoms with van der Waals surface area (Å²) in [4.78, 5) is 38.1. The number of nitrogens with one attached hydrogen (secondary N) is 1. The highest BCUT2D eigenvalue weighted by atomic mass is 31.2. The summed E-state index contributed by atoms with van der Waals surface area (Å²) < 4.78 is 30.9. The number of hydrogen-bond acceptors (Lipinski definition) is 6. The summed E-state index contributed by atoms with van der Waals surface area (Å²) in [5, 5.41) is 3.08. The number of quaternary nitrogens is 1. The van der Waals surface area contributed by atoms with Gasteiger partial charge in [0.15, 0.2) is 0 Å². The molecule has 1 amide bonds. The Hall–Kier alpha value is -3.07. The Morgan fingerprint density at radius 2 is 0.656 bits per heavy atom. The molecule has 0 heterocycles. The molecule has 93 heavy (non-hydrogen) atoms. The fraction of sp³-hybridized carbons (Fsp3) is 0.783. The zero-order valence-corrected chi connectivity index (χ0v) is 62.9. The van der Waals surface area contributed by atoms with Gasteiger partial charge in [0.05, 0.1) is 33.8 Å². The molecule has 0 aliphatic heterocycles. The summed E-state index contributed by atoms with van der Waals surface area (Å²) >= 11 is 0. The van der Waals surface area contributed by atoms with E-state index in [2.05, 4.69) is 111 Å². The third-order valence-electron chi connectivity index (χ3n) is 17.5. The third-order valence-corrected chi connectivity index (χ3v) is 18.5. The molecule has 0 aromatic rings. The van der Waals surface area contributed by atoms with Crippen molar-refractivity contribution in [2.45, 2.75) is 380 Å². The molecule has 0 bridgehead atoms. The Morgan fingerprint density at radius 3 is 1.00 bits per heavy atom. The largest absolute Gasteiger partial charge is 0.472 e. The molecule has 0 rings (SSSR count). The minimum atomic E-state index is -4.46. The van der Waals surface area contributed by atoms with Gasteiger partial charge in [0.25, 0.3) is 0 Å². The lowest BCUT2D eigenvalue weighted by atomic mass is 10.0. The van der Waals surface area contributed by atoms with E-state index in [1.807, 2.05) is 33.3 Å². The number of unbranched alkanes of at least 4 members (excludes halogenated alkanes) is 42. The van der Waals surface area contributed by atoms with Crippen molar-refractivity contribution in [3.05, 3.63) is 97.2 Å². The average Bonchev–Trinajstić information content (AvgIpc) is 2.15. The van der Waals surface area contributed by atoms with Crippen LogP contribution in [-0.2, 0) is 27.9 Å². The van der Waals surface area contributed by atoms with Crippen LogP contribution in [0.15, 0.2) is 97.2 Å². The van der Waals surface area contributed by atoms with E-state index in [-0.39, 0.29) is 31.5 Å². The van der Waals surface area contributed by atoms with E-state index in [4.69, 9.17) is 13.8 Å². The number of allylic oxidation sites excluding steroid dienone is 15. The molecule has 0 aliphatic rings. The van der Waals surface area contributed by atoms with Crippen molar-refractivity contribution in [2.24, 2.45) is 0 Å². The van der Waals surface area contributed by atoms with Crippen LogP contribution in [0, 0.1) is 0 Å². The summed E-state index contributed by atoms with van der Waals surface area (Å²) in [7, 11) is 1.50. The number of likely N-dealkylation sites (N-methyl/N-ethyl adjacent to an activating group) is 1. The first-order chi connectivity index (χ1) is 45.4. The number of phosphoric ester groups is 1. The van der Waals surface area contributed by atoms with Crippen LogP contribution >= 0.6 is 7.82 Å². The summed E-state index contributed by atoms with van der Waals surface area (Å²) in [5.74, 6) is -0.499. The van der Waals surface area contributed by atoms with Crippen molar-refractivity contribution in [3.63, 3.8) is 0 Å². The van der Waals surface area contributed by atoms with Gasteiger partial charge in [0.2, 0.25) is 5.91 Å². The van der Waals surface area contributed by atoms with Crippen molar-refractivity contribution in [1.82, 2.24) is 5.32 Å². The molecule has 0 radical (unpaired) electrons. The van der Waals surface area contributed by atoms with Crippen LogP contribution in [0.2, 0.25) is 0 Å². The molecule has 0 fully saturated rings. The van der Waals surface area contributed by atoms with Crippen LogP contribution in [0.5, 0.6) is 0 Å². The lowest BCUT2D eigenvalue weighted by molar-refractivity contribution is -0.870. The fourth-order valence-corrected chi connectivity index (χ4v) is 12.1. The van der Waals surface area contributed by atoms with Gasteiger partial charge in [-0.25, -0.2) is 4.57 Å². The molecular formula is C83H152N2O7P+. The number of phosphoric acid groups is 1. The van der Waals surface area contributed by atoms with Crippen molar-refractivity contribution in [3.8, 4) is 0 Å². The van der Waals surface area contributed by atoms with E-state index >= 15 is 0 Å². The monoisotopic (exact) mass is 1320 g/mol. The number of esters is 1. The molecule has 10 heteroatoms. The molecule has 0 spiro atoms. The molecule has 2 N–H and O–H groups in total. The number of ether oxygens (including phenoxy) is 1. The summed E-state index contributed by atoms with van der Waals surface area (Å²) in [6.45, 7) is 7.00. The van der Waals surface area contributed by atoms with Crippen LogP contribution in [0.3, 0.4) is 0 Å². The zero-order valence-electron chi connectivity index (χ0n) is 62.0. The van der Waals surface area contributed by atoms with E-state index in [1.54, 1.807) is 0 Å². The first-order valence-corrected chi connectivity index (χ1v) is 41.1. The maximum Gasteiger partial charge on any atom is 0.472 e. The fourth-order valence-electron chi connectivity index (χ4n) is 11.4. The Labute approximate surface area is 577 Å². The van der Waals surface area contributed by atoms with Gasteiger partial charge in [-0.2, -0.15) is 0 Å². The van der Waals surface area contributed by atoms with E-state index in [0.717, 1.165) is 89.9 Å².